The molecule has 3 heteroatoms. The molecule has 0 aliphatic carbocycles. The van der Waals surface area contributed by atoms with Gasteiger partial charge in [0.2, 0.25) is 0 Å². The molecule has 1 N–H and O–H groups in total. The Labute approximate surface area is 111 Å². The second-order valence-corrected chi connectivity index (χ2v) is 4.29. The standard InChI is InChI=1S/C16H13NO2/c18-16(17-14-6-2-1-3-7-14)13-8-9-15-12(11-13)5-4-10-19-15/h1-9,11H,10H2,(H,17,18). The summed E-state index contributed by atoms with van der Waals surface area (Å²) in [5.41, 5.74) is 2.35. The number of para-hydroxylation sites is 1. The predicted molar refractivity (Wildman–Crippen MR) is 75.4 cm³/mol. The van der Waals surface area contributed by atoms with E-state index in [1.807, 2.05) is 54.6 Å². The maximum atomic E-state index is 12.1. The number of carbonyl (C=O) groups is 1. The first kappa shape index (κ1) is 11.5. The summed E-state index contributed by atoms with van der Waals surface area (Å²) in [6, 6.07) is 14.9. The van der Waals surface area contributed by atoms with Crippen LogP contribution in [0.1, 0.15) is 15.9 Å². The fourth-order valence-electron chi connectivity index (χ4n) is 1.99. The van der Waals surface area contributed by atoms with Crippen LogP contribution in [0.5, 0.6) is 5.75 Å². The average molecular weight is 251 g/mol. The van der Waals surface area contributed by atoms with Gasteiger partial charge in [0.25, 0.3) is 5.91 Å². The third-order valence-corrected chi connectivity index (χ3v) is 2.94. The minimum Gasteiger partial charge on any atom is -0.489 e. The van der Waals surface area contributed by atoms with Crippen molar-refractivity contribution in [2.45, 2.75) is 0 Å². The molecule has 0 spiro atoms. The number of rotatable bonds is 2. The molecule has 0 aromatic heterocycles. The lowest BCUT2D eigenvalue weighted by molar-refractivity contribution is 0.102. The Balaban J connectivity index is 1.83. The molecule has 1 amide bonds. The monoisotopic (exact) mass is 251 g/mol. The van der Waals surface area contributed by atoms with Gasteiger partial charge in [0, 0.05) is 16.8 Å². The van der Waals surface area contributed by atoms with Crippen LogP contribution < -0.4 is 10.1 Å². The van der Waals surface area contributed by atoms with Crippen molar-refractivity contribution in [2.75, 3.05) is 11.9 Å². The molecule has 2 aromatic carbocycles. The lowest BCUT2D eigenvalue weighted by atomic mass is 10.1. The minimum absolute atomic E-state index is 0.118. The molecule has 1 aliphatic rings. The summed E-state index contributed by atoms with van der Waals surface area (Å²) in [6.45, 7) is 0.586. The number of hydrogen-bond acceptors (Lipinski definition) is 2. The molecule has 94 valence electrons. The Morgan fingerprint density at radius 1 is 1.11 bits per heavy atom. The van der Waals surface area contributed by atoms with Crippen molar-refractivity contribution >= 4 is 17.7 Å². The predicted octanol–water partition coefficient (Wildman–Crippen LogP) is 3.34. The largest absolute Gasteiger partial charge is 0.489 e. The zero-order chi connectivity index (χ0) is 13.1. The molecular formula is C16H13NO2. The number of hydrogen-bond donors (Lipinski definition) is 1. The molecule has 0 radical (unpaired) electrons. The molecule has 3 nitrogen and oxygen atoms in total. The van der Waals surface area contributed by atoms with Crippen molar-refractivity contribution in [1.29, 1.82) is 0 Å². The van der Waals surface area contributed by atoms with Gasteiger partial charge in [0.15, 0.2) is 0 Å². The van der Waals surface area contributed by atoms with Crippen molar-refractivity contribution in [3.8, 4) is 5.75 Å². The Morgan fingerprint density at radius 2 is 1.95 bits per heavy atom. The third-order valence-electron chi connectivity index (χ3n) is 2.94. The lowest BCUT2D eigenvalue weighted by Gasteiger charge is -2.13. The fraction of sp³-hybridized carbons (Fsp3) is 0.0625. The normalized spacial score (nSPS) is 12.4. The Bertz CT molecular complexity index is 632. The van der Waals surface area contributed by atoms with Crippen molar-refractivity contribution in [3.63, 3.8) is 0 Å². The van der Waals surface area contributed by atoms with Crippen LogP contribution in [0.25, 0.3) is 6.08 Å². The van der Waals surface area contributed by atoms with E-state index in [1.54, 1.807) is 6.07 Å². The molecule has 0 atom stereocenters. The first-order valence-electron chi connectivity index (χ1n) is 6.13. The summed E-state index contributed by atoms with van der Waals surface area (Å²) in [4.78, 5) is 12.1. The van der Waals surface area contributed by atoms with E-state index in [1.165, 1.54) is 0 Å². The van der Waals surface area contributed by atoms with Crippen LogP contribution in [0.4, 0.5) is 5.69 Å². The summed E-state index contributed by atoms with van der Waals surface area (Å²) in [5, 5.41) is 2.86. The Hall–Kier alpha value is -2.55. The zero-order valence-electron chi connectivity index (χ0n) is 10.3. The van der Waals surface area contributed by atoms with E-state index in [0.29, 0.717) is 12.2 Å². The minimum atomic E-state index is -0.118. The maximum Gasteiger partial charge on any atom is 0.255 e. The van der Waals surface area contributed by atoms with Gasteiger partial charge >= 0.3 is 0 Å². The molecular weight excluding hydrogens is 238 g/mol. The zero-order valence-corrected chi connectivity index (χ0v) is 10.3. The molecule has 2 aromatic rings. The van der Waals surface area contributed by atoms with Crippen LogP contribution in [0.15, 0.2) is 54.6 Å². The summed E-state index contributed by atoms with van der Waals surface area (Å²) in [6.07, 6.45) is 3.90. The van der Waals surface area contributed by atoms with Crippen LogP contribution in [0, 0.1) is 0 Å². The molecule has 0 saturated carbocycles. The Morgan fingerprint density at radius 3 is 2.79 bits per heavy atom. The van der Waals surface area contributed by atoms with Crippen molar-refractivity contribution in [2.24, 2.45) is 0 Å². The fourth-order valence-corrected chi connectivity index (χ4v) is 1.99. The molecule has 0 fully saturated rings. The van der Waals surface area contributed by atoms with E-state index >= 15 is 0 Å². The van der Waals surface area contributed by atoms with Gasteiger partial charge in [-0.05, 0) is 36.4 Å². The summed E-state index contributed by atoms with van der Waals surface area (Å²) in [5.74, 6) is 0.701. The van der Waals surface area contributed by atoms with Gasteiger partial charge in [-0.3, -0.25) is 4.79 Å². The molecule has 0 bridgehead atoms. The van der Waals surface area contributed by atoms with Gasteiger partial charge in [-0.25, -0.2) is 0 Å². The lowest BCUT2D eigenvalue weighted by Crippen LogP contribution is -2.12. The SMILES string of the molecule is O=C(Nc1ccccc1)c1ccc2c(c1)C=CCO2. The molecule has 0 unspecified atom stereocenters. The molecule has 1 heterocycles. The van der Waals surface area contributed by atoms with Crippen molar-refractivity contribution in [1.82, 2.24) is 0 Å². The van der Waals surface area contributed by atoms with E-state index in [-0.39, 0.29) is 5.91 Å². The number of fused-ring (bicyclic) bond motifs is 1. The molecule has 0 saturated heterocycles. The van der Waals surface area contributed by atoms with Gasteiger partial charge < -0.3 is 10.1 Å². The van der Waals surface area contributed by atoms with Gasteiger partial charge in [0.05, 0.1) is 0 Å². The van der Waals surface area contributed by atoms with Crippen LogP contribution in [-0.4, -0.2) is 12.5 Å². The van der Waals surface area contributed by atoms with Gasteiger partial charge in [-0.2, -0.15) is 0 Å². The van der Waals surface area contributed by atoms with E-state index < -0.39 is 0 Å². The van der Waals surface area contributed by atoms with Gasteiger partial charge in [0.1, 0.15) is 12.4 Å². The number of carbonyl (C=O) groups excluding carboxylic acids is 1. The topological polar surface area (TPSA) is 38.3 Å². The highest BCUT2D eigenvalue weighted by Gasteiger charge is 2.11. The molecule has 3 rings (SSSR count). The summed E-state index contributed by atoms with van der Waals surface area (Å²) >= 11 is 0. The van der Waals surface area contributed by atoms with E-state index in [4.69, 9.17) is 4.74 Å². The molecule has 1 aliphatic heterocycles. The number of ether oxygens (including phenoxy) is 1. The average Bonchev–Trinajstić information content (AvgIpc) is 2.48. The first-order valence-corrected chi connectivity index (χ1v) is 6.13. The van der Waals surface area contributed by atoms with Crippen LogP contribution in [0.2, 0.25) is 0 Å². The van der Waals surface area contributed by atoms with Crippen LogP contribution in [-0.2, 0) is 0 Å². The summed E-state index contributed by atoms with van der Waals surface area (Å²) in [7, 11) is 0. The van der Waals surface area contributed by atoms with Crippen LogP contribution in [0.3, 0.4) is 0 Å². The van der Waals surface area contributed by atoms with Gasteiger partial charge in [-0.15, -0.1) is 0 Å². The highest BCUT2D eigenvalue weighted by molar-refractivity contribution is 6.04. The maximum absolute atomic E-state index is 12.1. The van der Waals surface area contributed by atoms with E-state index in [0.717, 1.165) is 17.0 Å². The smallest absolute Gasteiger partial charge is 0.255 e. The highest BCUT2D eigenvalue weighted by atomic mass is 16.5. The number of nitrogens with one attached hydrogen (secondary N) is 1. The van der Waals surface area contributed by atoms with E-state index in [9.17, 15) is 4.79 Å². The Kier molecular flexibility index (Phi) is 3.02. The summed E-state index contributed by atoms with van der Waals surface area (Å²) < 4.78 is 5.46. The van der Waals surface area contributed by atoms with E-state index in [2.05, 4.69) is 5.32 Å². The quantitative estimate of drug-likeness (QED) is 0.889. The highest BCUT2D eigenvalue weighted by Crippen LogP contribution is 2.25. The van der Waals surface area contributed by atoms with Crippen molar-refractivity contribution < 1.29 is 9.53 Å². The number of benzene rings is 2. The second kappa shape index (κ2) is 4.98. The first-order chi connectivity index (χ1) is 9.33. The number of anilines is 1. The molecule has 19 heavy (non-hydrogen) atoms. The van der Waals surface area contributed by atoms with Crippen LogP contribution >= 0.6 is 0 Å². The van der Waals surface area contributed by atoms with Gasteiger partial charge in [-0.1, -0.05) is 24.3 Å². The third kappa shape index (κ3) is 2.50. The number of amides is 1. The second-order valence-electron chi connectivity index (χ2n) is 4.29. The van der Waals surface area contributed by atoms with Crippen molar-refractivity contribution in [3.05, 3.63) is 65.7 Å².